The SMILES string of the molecule is CCN(C)CCNc1cc(C(=O)O)ccc1N. The van der Waals surface area contributed by atoms with E-state index >= 15 is 0 Å². The number of nitrogens with zero attached hydrogens (tertiary/aromatic N) is 1. The minimum absolute atomic E-state index is 0.241. The Hall–Kier alpha value is -1.75. The van der Waals surface area contributed by atoms with Crippen molar-refractivity contribution >= 4 is 17.3 Å². The van der Waals surface area contributed by atoms with Crippen LogP contribution in [0.1, 0.15) is 17.3 Å². The number of anilines is 2. The molecule has 0 fully saturated rings. The van der Waals surface area contributed by atoms with E-state index < -0.39 is 5.97 Å². The van der Waals surface area contributed by atoms with Gasteiger partial charge in [0.15, 0.2) is 0 Å². The van der Waals surface area contributed by atoms with Crippen LogP contribution in [0.2, 0.25) is 0 Å². The lowest BCUT2D eigenvalue weighted by atomic mass is 10.1. The van der Waals surface area contributed by atoms with Gasteiger partial charge < -0.3 is 21.1 Å². The fourth-order valence-corrected chi connectivity index (χ4v) is 1.38. The van der Waals surface area contributed by atoms with Crippen molar-refractivity contribution in [2.45, 2.75) is 6.92 Å². The fourth-order valence-electron chi connectivity index (χ4n) is 1.38. The minimum Gasteiger partial charge on any atom is -0.478 e. The van der Waals surface area contributed by atoms with Crippen LogP contribution in [0.25, 0.3) is 0 Å². The molecule has 0 spiro atoms. The molecule has 0 heterocycles. The quantitative estimate of drug-likeness (QED) is 0.650. The van der Waals surface area contributed by atoms with Crippen LogP contribution in [-0.2, 0) is 0 Å². The topological polar surface area (TPSA) is 78.6 Å². The molecule has 0 aliphatic rings. The maximum Gasteiger partial charge on any atom is 0.335 e. The molecule has 1 rings (SSSR count). The molecule has 0 aliphatic carbocycles. The first-order valence-corrected chi connectivity index (χ1v) is 5.59. The Morgan fingerprint density at radius 2 is 2.24 bits per heavy atom. The predicted molar refractivity (Wildman–Crippen MR) is 69.5 cm³/mol. The summed E-state index contributed by atoms with van der Waals surface area (Å²) in [7, 11) is 2.03. The van der Waals surface area contributed by atoms with E-state index in [0.717, 1.165) is 19.6 Å². The van der Waals surface area contributed by atoms with Gasteiger partial charge in [0, 0.05) is 13.1 Å². The zero-order valence-corrected chi connectivity index (χ0v) is 10.2. The molecule has 0 aromatic heterocycles. The number of likely N-dealkylation sites (N-methyl/N-ethyl adjacent to an activating group) is 1. The third kappa shape index (κ3) is 3.96. The molecule has 4 N–H and O–H groups in total. The van der Waals surface area contributed by atoms with Gasteiger partial charge in [0.05, 0.1) is 16.9 Å². The number of aromatic carboxylic acids is 1. The average molecular weight is 237 g/mol. The van der Waals surface area contributed by atoms with Gasteiger partial charge in [-0.25, -0.2) is 4.79 Å². The second kappa shape index (κ2) is 6.10. The predicted octanol–water partition coefficient (Wildman–Crippen LogP) is 1.33. The van der Waals surface area contributed by atoms with Crippen molar-refractivity contribution in [2.24, 2.45) is 0 Å². The van der Waals surface area contributed by atoms with Crippen LogP contribution in [0.4, 0.5) is 11.4 Å². The third-order valence-corrected chi connectivity index (χ3v) is 2.65. The number of rotatable bonds is 6. The molecule has 94 valence electrons. The van der Waals surface area contributed by atoms with Crippen molar-refractivity contribution in [3.63, 3.8) is 0 Å². The van der Waals surface area contributed by atoms with E-state index in [9.17, 15) is 4.79 Å². The number of carbonyl (C=O) groups is 1. The molecule has 0 atom stereocenters. The Morgan fingerprint density at radius 3 is 2.82 bits per heavy atom. The van der Waals surface area contributed by atoms with Crippen LogP contribution in [0.3, 0.4) is 0 Å². The summed E-state index contributed by atoms with van der Waals surface area (Å²) in [6, 6.07) is 4.67. The van der Waals surface area contributed by atoms with Gasteiger partial charge in [-0.2, -0.15) is 0 Å². The normalized spacial score (nSPS) is 10.5. The third-order valence-electron chi connectivity index (χ3n) is 2.65. The molecule has 0 bridgehead atoms. The van der Waals surface area contributed by atoms with E-state index in [4.69, 9.17) is 10.8 Å². The summed E-state index contributed by atoms with van der Waals surface area (Å²) in [6.07, 6.45) is 0. The van der Waals surface area contributed by atoms with Gasteiger partial charge in [-0.05, 0) is 31.8 Å². The number of hydrogen-bond acceptors (Lipinski definition) is 4. The largest absolute Gasteiger partial charge is 0.478 e. The Kier molecular flexibility index (Phi) is 4.78. The Labute approximate surface area is 101 Å². The molecule has 0 radical (unpaired) electrons. The van der Waals surface area contributed by atoms with E-state index in [1.807, 2.05) is 7.05 Å². The number of nitrogen functional groups attached to an aromatic ring is 1. The molecule has 5 nitrogen and oxygen atoms in total. The van der Waals surface area contributed by atoms with Crippen LogP contribution in [-0.4, -0.2) is 42.7 Å². The second-order valence-corrected chi connectivity index (χ2v) is 3.93. The van der Waals surface area contributed by atoms with Gasteiger partial charge in [-0.1, -0.05) is 6.92 Å². The Balaban J connectivity index is 2.63. The summed E-state index contributed by atoms with van der Waals surface area (Å²) in [6.45, 7) is 4.68. The second-order valence-electron chi connectivity index (χ2n) is 3.93. The molecule has 1 aromatic carbocycles. The van der Waals surface area contributed by atoms with E-state index in [-0.39, 0.29) is 5.56 Å². The number of carboxylic acids is 1. The van der Waals surface area contributed by atoms with E-state index in [2.05, 4.69) is 17.1 Å². The van der Waals surface area contributed by atoms with Crippen LogP contribution < -0.4 is 11.1 Å². The van der Waals surface area contributed by atoms with E-state index in [0.29, 0.717) is 11.4 Å². The molecule has 0 unspecified atom stereocenters. The molecule has 1 aromatic rings. The minimum atomic E-state index is -0.946. The number of carboxylic acid groups (broad SMARTS) is 1. The van der Waals surface area contributed by atoms with E-state index in [1.54, 1.807) is 12.1 Å². The van der Waals surface area contributed by atoms with Gasteiger partial charge in [0.25, 0.3) is 0 Å². The smallest absolute Gasteiger partial charge is 0.335 e. The van der Waals surface area contributed by atoms with Crippen LogP contribution in [0.15, 0.2) is 18.2 Å². The van der Waals surface area contributed by atoms with Gasteiger partial charge in [-0.3, -0.25) is 0 Å². The summed E-state index contributed by atoms with van der Waals surface area (Å²) < 4.78 is 0. The molecular formula is C12H19N3O2. The highest BCUT2D eigenvalue weighted by molar-refractivity contribution is 5.90. The highest BCUT2D eigenvalue weighted by Gasteiger charge is 2.06. The maximum absolute atomic E-state index is 10.8. The lowest BCUT2D eigenvalue weighted by Crippen LogP contribution is -2.25. The van der Waals surface area contributed by atoms with Gasteiger partial charge in [0.2, 0.25) is 0 Å². The molecule has 0 aliphatic heterocycles. The van der Waals surface area contributed by atoms with Crippen molar-refractivity contribution in [3.8, 4) is 0 Å². The van der Waals surface area contributed by atoms with Crippen molar-refractivity contribution in [1.82, 2.24) is 4.90 Å². The summed E-state index contributed by atoms with van der Waals surface area (Å²) in [5.41, 5.74) is 7.25. The lowest BCUT2D eigenvalue weighted by Gasteiger charge is -2.15. The zero-order valence-electron chi connectivity index (χ0n) is 10.2. The molecule has 0 saturated carbocycles. The highest BCUT2D eigenvalue weighted by Crippen LogP contribution is 2.19. The van der Waals surface area contributed by atoms with Crippen molar-refractivity contribution in [2.75, 3.05) is 37.7 Å². The lowest BCUT2D eigenvalue weighted by molar-refractivity contribution is 0.0697. The molecule has 17 heavy (non-hydrogen) atoms. The highest BCUT2D eigenvalue weighted by atomic mass is 16.4. The first-order valence-electron chi connectivity index (χ1n) is 5.59. The van der Waals surface area contributed by atoms with E-state index in [1.165, 1.54) is 6.07 Å². The first kappa shape index (κ1) is 13.3. The summed E-state index contributed by atoms with van der Waals surface area (Å²) in [5.74, 6) is -0.946. The number of nitrogens with two attached hydrogens (primary N) is 1. The van der Waals surface area contributed by atoms with Crippen molar-refractivity contribution < 1.29 is 9.90 Å². The van der Waals surface area contributed by atoms with Gasteiger partial charge in [0.1, 0.15) is 0 Å². The molecule has 0 saturated heterocycles. The van der Waals surface area contributed by atoms with Gasteiger partial charge >= 0.3 is 5.97 Å². The maximum atomic E-state index is 10.8. The number of nitrogens with one attached hydrogen (secondary N) is 1. The fraction of sp³-hybridized carbons (Fsp3) is 0.417. The molecular weight excluding hydrogens is 218 g/mol. The van der Waals surface area contributed by atoms with Crippen LogP contribution >= 0.6 is 0 Å². The summed E-state index contributed by atoms with van der Waals surface area (Å²) in [4.78, 5) is 13.0. The van der Waals surface area contributed by atoms with Crippen LogP contribution in [0, 0.1) is 0 Å². The zero-order chi connectivity index (χ0) is 12.8. The standard InChI is InChI=1S/C12H19N3O2/c1-3-15(2)7-6-14-11-8-9(12(16)17)4-5-10(11)13/h4-5,8,14H,3,6-7,13H2,1-2H3,(H,16,17). The molecule has 0 amide bonds. The summed E-state index contributed by atoms with van der Waals surface area (Å²) in [5, 5.41) is 12.0. The molecule has 5 heteroatoms. The van der Waals surface area contributed by atoms with Gasteiger partial charge in [-0.15, -0.1) is 0 Å². The summed E-state index contributed by atoms with van der Waals surface area (Å²) >= 11 is 0. The first-order chi connectivity index (χ1) is 8.04. The van der Waals surface area contributed by atoms with Crippen molar-refractivity contribution in [3.05, 3.63) is 23.8 Å². The number of hydrogen-bond donors (Lipinski definition) is 3. The average Bonchev–Trinajstić information content (AvgIpc) is 2.30. The van der Waals surface area contributed by atoms with Crippen LogP contribution in [0.5, 0.6) is 0 Å². The monoisotopic (exact) mass is 237 g/mol. The Morgan fingerprint density at radius 1 is 1.53 bits per heavy atom. The number of benzene rings is 1. The Bertz CT molecular complexity index is 393. The van der Waals surface area contributed by atoms with Crippen molar-refractivity contribution in [1.29, 1.82) is 0 Å².